The minimum Gasteiger partial charge on any atom is -0.490 e. The standard InChI is InChI=1S/C15H20N2O3S/c1-10-4-11-5-14(2-3-15(11)20-10)21(18,19)17-8-12-6-16-7-13(12)9-17/h2-3,5,10,12-13,16H,4,6-9H2,1H3/t10?,12-,13+. The summed E-state index contributed by atoms with van der Waals surface area (Å²) in [5, 5.41) is 3.34. The summed E-state index contributed by atoms with van der Waals surface area (Å²) in [5.74, 6) is 1.76. The number of fused-ring (bicyclic) bond motifs is 2. The highest BCUT2D eigenvalue weighted by Gasteiger charge is 2.41. The first kappa shape index (κ1) is 13.5. The molecule has 0 radical (unpaired) electrons. The van der Waals surface area contributed by atoms with E-state index in [4.69, 9.17) is 4.74 Å². The van der Waals surface area contributed by atoms with Crippen LogP contribution in [-0.4, -0.2) is 45.0 Å². The van der Waals surface area contributed by atoms with Crippen molar-refractivity contribution in [1.29, 1.82) is 0 Å². The Morgan fingerprint density at radius 2 is 1.95 bits per heavy atom. The summed E-state index contributed by atoms with van der Waals surface area (Å²) in [6.07, 6.45) is 0.920. The lowest BCUT2D eigenvalue weighted by molar-refractivity contribution is 0.254. The summed E-state index contributed by atoms with van der Waals surface area (Å²) in [5.41, 5.74) is 1.00. The molecule has 6 heteroatoms. The predicted octanol–water partition coefficient (Wildman–Crippen LogP) is 0.850. The number of rotatable bonds is 2. The summed E-state index contributed by atoms with van der Waals surface area (Å²) >= 11 is 0. The van der Waals surface area contributed by atoms with Crippen molar-refractivity contribution in [3.05, 3.63) is 23.8 Å². The smallest absolute Gasteiger partial charge is 0.243 e. The summed E-state index contributed by atoms with van der Waals surface area (Å²) < 4.78 is 32.9. The molecule has 1 aromatic rings. The molecule has 0 aromatic heterocycles. The van der Waals surface area contributed by atoms with Crippen LogP contribution in [0.3, 0.4) is 0 Å². The third kappa shape index (κ3) is 2.17. The lowest BCUT2D eigenvalue weighted by atomic mass is 10.0. The second kappa shape index (κ2) is 4.69. The Balaban J connectivity index is 1.62. The van der Waals surface area contributed by atoms with Gasteiger partial charge in [0.2, 0.25) is 10.0 Å². The van der Waals surface area contributed by atoms with Crippen LogP contribution >= 0.6 is 0 Å². The van der Waals surface area contributed by atoms with Crippen LogP contribution in [0.25, 0.3) is 0 Å². The van der Waals surface area contributed by atoms with Crippen molar-refractivity contribution in [2.24, 2.45) is 11.8 Å². The number of sulfonamides is 1. The van der Waals surface area contributed by atoms with Gasteiger partial charge in [-0.1, -0.05) is 0 Å². The first-order valence-electron chi connectivity index (χ1n) is 7.54. The highest BCUT2D eigenvalue weighted by atomic mass is 32.2. The van der Waals surface area contributed by atoms with Crippen molar-refractivity contribution in [3.63, 3.8) is 0 Å². The Labute approximate surface area is 125 Å². The third-order valence-corrected chi connectivity index (χ3v) is 6.69. The molecule has 2 saturated heterocycles. The lowest BCUT2D eigenvalue weighted by Gasteiger charge is -2.17. The van der Waals surface area contributed by atoms with Gasteiger partial charge in [-0.05, 0) is 55.6 Å². The molecule has 3 aliphatic heterocycles. The van der Waals surface area contributed by atoms with Crippen molar-refractivity contribution >= 4 is 10.0 Å². The van der Waals surface area contributed by atoms with E-state index in [9.17, 15) is 8.42 Å². The van der Waals surface area contributed by atoms with E-state index in [2.05, 4.69) is 5.32 Å². The number of hydrogen-bond donors (Lipinski definition) is 1. The van der Waals surface area contributed by atoms with Crippen LogP contribution in [0.5, 0.6) is 5.75 Å². The van der Waals surface area contributed by atoms with Gasteiger partial charge in [-0.3, -0.25) is 0 Å². The Bertz CT molecular complexity index is 661. The monoisotopic (exact) mass is 308 g/mol. The van der Waals surface area contributed by atoms with Gasteiger partial charge in [-0.15, -0.1) is 0 Å². The molecule has 4 rings (SSSR count). The number of benzene rings is 1. The molecule has 0 bridgehead atoms. The van der Waals surface area contributed by atoms with E-state index >= 15 is 0 Å². The zero-order chi connectivity index (χ0) is 14.6. The first-order chi connectivity index (χ1) is 10.0. The molecule has 1 N–H and O–H groups in total. The van der Waals surface area contributed by atoms with Gasteiger partial charge in [0.25, 0.3) is 0 Å². The molecule has 2 fully saturated rings. The maximum atomic E-state index is 12.8. The van der Waals surface area contributed by atoms with E-state index in [1.165, 1.54) is 0 Å². The normalized spacial score (nSPS) is 32.0. The average Bonchev–Trinajstić information content (AvgIpc) is 3.09. The zero-order valence-electron chi connectivity index (χ0n) is 12.1. The van der Waals surface area contributed by atoms with Gasteiger partial charge in [-0.25, -0.2) is 8.42 Å². The number of nitrogens with one attached hydrogen (secondary N) is 1. The summed E-state index contributed by atoms with van der Waals surface area (Å²) in [6, 6.07) is 5.27. The second-order valence-corrected chi connectivity index (χ2v) is 8.34. The van der Waals surface area contributed by atoms with Crippen LogP contribution < -0.4 is 10.1 Å². The van der Waals surface area contributed by atoms with Gasteiger partial charge in [0.1, 0.15) is 11.9 Å². The molecule has 0 saturated carbocycles. The quantitative estimate of drug-likeness (QED) is 0.880. The van der Waals surface area contributed by atoms with Gasteiger partial charge in [0, 0.05) is 19.5 Å². The van der Waals surface area contributed by atoms with Crippen LogP contribution in [0, 0.1) is 11.8 Å². The predicted molar refractivity (Wildman–Crippen MR) is 78.8 cm³/mol. The fourth-order valence-electron chi connectivity index (χ4n) is 3.72. The van der Waals surface area contributed by atoms with Crippen molar-refractivity contribution in [1.82, 2.24) is 9.62 Å². The molecule has 5 nitrogen and oxygen atoms in total. The maximum absolute atomic E-state index is 12.8. The fraction of sp³-hybridized carbons (Fsp3) is 0.600. The lowest BCUT2D eigenvalue weighted by Crippen LogP contribution is -2.32. The van der Waals surface area contributed by atoms with Gasteiger partial charge in [-0.2, -0.15) is 4.31 Å². The number of hydrogen-bond acceptors (Lipinski definition) is 4. The summed E-state index contributed by atoms with van der Waals surface area (Å²) in [7, 11) is -3.37. The Kier molecular flexibility index (Phi) is 3.03. The Morgan fingerprint density at radius 1 is 1.24 bits per heavy atom. The zero-order valence-corrected chi connectivity index (χ0v) is 12.9. The van der Waals surface area contributed by atoms with E-state index in [1.54, 1.807) is 22.5 Å². The molecule has 3 heterocycles. The number of ether oxygens (including phenoxy) is 1. The molecule has 0 spiro atoms. The molecule has 114 valence electrons. The van der Waals surface area contributed by atoms with Crippen molar-refractivity contribution in [3.8, 4) is 5.75 Å². The maximum Gasteiger partial charge on any atom is 0.243 e. The van der Waals surface area contributed by atoms with E-state index in [-0.39, 0.29) is 6.10 Å². The molecule has 21 heavy (non-hydrogen) atoms. The van der Waals surface area contributed by atoms with Crippen LogP contribution in [0.4, 0.5) is 0 Å². The van der Waals surface area contributed by atoms with Crippen molar-refractivity contribution < 1.29 is 13.2 Å². The van der Waals surface area contributed by atoms with Crippen molar-refractivity contribution in [2.75, 3.05) is 26.2 Å². The fourth-order valence-corrected chi connectivity index (χ4v) is 5.32. The van der Waals surface area contributed by atoms with Gasteiger partial charge >= 0.3 is 0 Å². The van der Waals surface area contributed by atoms with E-state index < -0.39 is 10.0 Å². The number of nitrogens with zero attached hydrogens (tertiary/aromatic N) is 1. The minimum atomic E-state index is -3.37. The van der Waals surface area contributed by atoms with Crippen molar-refractivity contribution in [2.45, 2.75) is 24.3 Å². The average molecular weight is 308 g/mol. The topological polar surface area (TPSA) is 58.6 Å². The molecule has 3 aliphatic rings. The third-order valence-electron chi connectivity index (χ3n) is 4.86. The summed E-state index contributed by atoms with van der Waals surface area (Å²) in [6.45, 7) is 5.16. The molecule has 0 aliphatic carbocycles. The van der Waals surface area contributed by atoms with E-state index in [1.807, 2.05) is 6.92 Å². The minimum absolute atomic E-state index is 0.134. The molecular weight excluding hydrogens is 288 g/mol. The van der Waals surface area contributed by atoms with Gasteiger partial charge in [0.15, 0.2) is 0 Å². The highest BCUT2D eigenvalue weighted by Crippen LogP contribution is 2.34. The Morgan fingerprint density at radius 3 is 2.67 bits per heavy atom. The SMILES string of the molecule is CC1Cc2cc(S(=O)(=O)N3C[C@H]4CNC[C@H]4C3)ccc2O1. The van der Waals surface area contributed by atoms with E-state index in [0.717, 1.165) is 30.8 Å². The highest BCUT2D eigenvalue weighted by molar-refractivity contribution is 7.89. The Hall–Kier alpha value is -1.11. The van der Waals surface area contributed by atoms with Crippen LogP contribution in [-0.2, 0) is 16.4 Å². The molecule has 1 aromatic carbocycles. The van der Waals surface area contributed by atoms with Gasteiger partial charge < -0.3 is 10.1 Å². The molecule has 0 amide bonds. The van der Waals surface area contributed by atoms with Crippen LogP contribution in [0.1, 0.15) is 12.5 Å². The second-order valence-electron chi connectivity index (χ2n) is 6.40. The molecule has 3 atom stereocenters. The molecule has 1 unspecified atom stereocenters. The first-order valence-corrected chi connectivity index (χ1v) is 8.98. The van der Waals surface area contributed by atoms with Crippen LogP contribution in [0.15, 0.2) is 23.1 Å². The largest absolute Gasteiger partial charge is 0.490 e. The van der Waals surface area contributed by atoms with Gasteiger partial charge in [0.05, 0.1) is 4.90 Å². The molecular formula is C15H20N2O3S. The van der Waals surface area contributed by atoms with E-state index in [0.29, 0.717) is 29.8 Å². The van der Waals surface area contributed by atoms with Crippen LogP contribution in [0.2, 0.25) is 0 Å². The summed E-state index contributed by atoms with van der Waals surface area (Å²) in [4.78, 5) is 0.409.